The van der Waals surface area contributed by atoms with Crippen molar-refractivity contribution in [2.75, 3.05) is 26.2 Å². The molecule has 0 aromatic carbocycles. The molecule has 2 aliphatic rings. The molecular formula is C15H19N3O2S. The monoisotopic (exact) mass is 305 g/mol. The van der Waals surface area contributed by atoms with Crippen molar-refractivity contribution in [2.45, 2.75) is 12.5 Å². The van der Waals surface area contributed by atoms with Gasteiger partial charge in [0.2, 0.25) is 5.91 Å². The normalized spacial score (nSPS) is 25.4. The number of hydrogen-bond donors (Lipinski definition) is 1. The molecule has 1 aromatic rings. The standard InChI is InChI=1S/C15H19N3O2S/c16-13-2-1-11(9-13)14(19)17-4-6-18(7-5-17)15(20)12-3-8-21-10-12/h1-3,8,10-11,13H,4-7,9,16H2. The molecule has 112 valence electrons. The van der Waals surface area contributed by atoms with Crippen LogP contribution in [0, 0.1) is 5.92 Å². The number of rotatable bonds is 2. The zero-order valence-electron chi connectivity index (χ0n) is 11.8. The van der Waals surface area contributed by atoms with Crippen molar-refractivity contribution in [2.24, 2.45) is 11.7 Å². The van der Waals surface area contributed by atoms with Crippen molar-refractivity contribution in [1.29, 1.82) is 0 Å². The van der Waals surface area contributed by atoms with Crippen molar-refractivity contribution < 1.29 is 9.59 Å². The van der Waals surface area contributed by atoms with Crippen LogP contribution in [-0.4, -0.2) is 53.8 Å². The van der Waals surface area contributed by atoms with Crippen LogP contribution >= 0.6 is 11.3 Å². The van der Waals surface area contributed by atoms with Gasteiger partial charge in [0.15, 0.2) is 0 Å². The Morgan fingerprint density at radius 3 is 2.43 bits per heavy atom. The minimum absolute atomic E-state index is 0.000378. The fourth-order valence-corrected chi connectivity index (χ4v) is 3.47. The first-order valence-electron chi connectivity index (χ1n) is 7.19. The molecule has 1 fully saturated rings. The van der Waals surface area contributed by atoms with E-state index in [1.165, 1.54) is 11.3 Å². The fraction of sp³-hybridized carbons (Fsp3) is 0.467. The Bertz CT molecular complexity index is 547. The molecule has 0 bridgehead atoms. The van der Waals surface area contributed by atoms with Gasteiger partial charge in [-0.3, -0.25) is 9.59 Å². The molecule has 6 heteroatoms. The maximum atomic E-state index is 12.4. The average molecular weight is 305 g/mol. The summed E-state index contributed by atoms with van der Waals surface area (Å²) in [7, 11) is 0. The number of thiophene rings is 1. The maximum absolute atomic E-state index is 12.4. The van der Waals surface area contributed by atoms with Crippen molar-refractivity contribution >= 4 is 23.2 Å². The van der Waals surface area contributed by atoms with Gasteiger partial charge < -0.3 is 15.5 Å². The Morgan fingerprint density at radius 1 is 1.14 bits per heavy atom. The van der Waals surface area contributed by atoms with Crippen LogP contribution in [0.2, 0.25) is 0 Å². The molecule has 2 N–H and O–H groups in total. The van der Waals surface area contributed by atoms with E-state index in [9.17, 15) is 9.59 Å². The van der Waals surface area contributed by atoms with E-state index < -0.39 is 0 Å². The minimum atomic E-state index is -0.0841. The lowest BCUT2D eigenvalue weighted by molar-refractivity contribution is -0.135. The summed E-state index contributed by atoms with van der Waals surface area (Å²) in [6, 6.07) is 1.84. The number of amides is 2. The first-order valence-corrected chi connectivity index (χ1v) is 8.13. The van der Waals surface area contributed by atoms with E-state index in [2.05, 4.69) is 0 Å². The Labute approximate surface area is 128 Å². The quantitative estimate of drug-likeness (QED) is 0.827. The van der Waals surface area contributed by atoms with Crippen LogP contribution in [0.1, 0.15) is 16.8 Å². The van der Waals surface area contributed by atoms with Gasteiger partial charge in [-0.05, 0) is 17.9 Å². The Balaban J connectivity index is 1.54. The summed E-state index contributed by atoms with van der Waals surface area (Å²) in [5, 5.41) is 3.77. The molecule has 0 radical (unpaired) electrons. The van der Waals surface area contributed by atoms with E-state index in [1.54, 1.807) is 0 Å². The highest BCUT2D eigenvalue weighted by Crippen LogP contribution is 2.20. The van der Waals surface area contributed by atoms with Gasteiger partial charge in [-0.15, -0.1) is 0 Å². The van der Waals surface area contributed by atoms with Gasteiger partial charge in [-0.2, -0.15) is 11.3 Å². The second kappa shape index (κ2) is 5.99. The number of nitrogens with two attached hydrogens (primary N) is 1. The van der Waals surface area contributed by atoms with Gasteiger partial charge in [-0.25, -0.2) is 0 Å². The lowest BCUT2D eigenvalue weighted by Crippen LogP contribution is -2.51. The number of nitrogens with zero attached hydrogens (tertiary/aromatic N) is 2. The molecule has 5 nitrogen and oxygen atoms in total. The molecule has 1 saturated heterocycles. The molecule has 21 heavy (non-hydrogen) atoms. The largest absolute Gasteiger partial charge is 0.339 e. The van der Waals surface area contributed by atoms with Gasteiger partial charge in [0, 0.05) is 37.6 Å². The van der Waals surface area contributed by atoms with E-state index in [4.69, 9.17) is 5.73 Å². The van der Waals surface area contributed by atoms with Crippen molar-refractivity contribution in [3.05, 3.63) is 34.5 Å². The lowest BCUT2D eigenvalue weighted by atomic mass is 10.1. The molecule has 3 rings (SSSR count). The summed E-state index contributed by atoms with van der Waals surface area (Å²) in [4.78, 5) is 28.3. The van der Waals surface area contributed by atoms with Crippen LogP contribution in [0.4, 0.5) is 0 Å². The minimum Gasteiger partial charge on any atom is -0.339 e. The second-order valence-electron chi connectivity index (χ2n) is 5.52. The van der Waals surface area contributed by atoms with E-state index in [0.717, 1.165) is 5.56 Å². The number of carbonyl (C=O) groups is 2. The molecular weight excluding hydrogens is 286 g/mol. The second-order valence-corrected chi connectivity index (χ2v) is 6.30. The predicted molar refractivity (Wildman–Crippen MR) is 82.0 cm³/mol. The molecule has 2 atom stereocenters. The SMILES string of the molecule is NC1C=CC(C(=O)N2CCN(C(=O)c3ccsc3)CC2)C1. The van der Waals surface area contributed by atoms with Crippen LogP contribution in [0.25, 0.3) is 0 Å². The summed E-state index contributed by atoms with van der Waals surface area (Å²) >= 11 is 1.52. The zero-order chi connectivity index (χ0) is 14.8. The zero-order valence-corrected chi connectivity index (χ0v) is 12.6. The third kappa shape index (κ3) is 3.01. The molecule has 1 aliphatic carbocycles. The summed E-state index contributed by atoms with van der Waals surface area (Å²) in [6.07, 6.45) is 4.52. The molecule has 1 aliphatic heterocycles. The van der Waals surface area contributed by atoms with Crippen LogP contribution < -0.4 is 5.73 Å². The van der Waals surface area contributed by atoms with Gasteiger partial charge in [-0.1, -0.05) is 12.2 Å². The van der Waals surface area contributed by atoms with Crippen LogP contribution in [0.3, 0.4) is 0 Å². The highest BCUT2D eigenvalue weighted by atomic mass is 32.1. The van der Waals surface area contributed by atoms with Crippen LogP contribution in [0.15, 0.2) is 29.0 Å². The molecule has 2 amide bonds. The number of hydrogen-bond acceptors (Lipinski definition) is 4. The Morgan fingerprint density at radius 2 is 1.86 bits per heavy atom. The third-order valence-electron chi connectivity index (χ3n) is 4.08. The molecule has 2 unspecified atom stereocenters. The summed E-state index contributed by atoms with van der Waals surface area (Å²) in [5.74, 6) is 0.118. The summed E-state index contributed by atoms with van der Waals surface area (Å²) in [6.45, 7) is 2.41. The number of carbonyl (C=O) groups excluding carboxylic acids is 2. The lowest BCUT2D eigenvalue weighted by Gasteiger charge is -2.35. The molecule has 2 heterocycles. The van der Waals surface area contributed by atoms with Crippen LogP contribution in [0.5, 0.6) is 0 Å². The van der Waals surface area contributed by atoms with Crippen LogP contribution in [-0.2, 0) is 4.79 Å². The van der Waals surface area contributed by atoms with Crippen molar-refractivity contribution in [3.8, 4) is 0 Å². The first-order chi connectivity index (χ1) is 10.1. The fourth-order valence-electron chi connectivity index (χ4n) is 2.84. The average Bonchev–Trinajstić information content (AvgIpc) is 3.17. The Hall–Kier alpha value is -1.66. The topological polar surface area (TPSA) is 66.6 Å². The summed E-state index contributed by atoms with van der Waals surface area (Å²) in [5.41, 5.74) is 6.54. The van der Waals surface area contributed by atoms with Crippen molar-refractivity contribution in [3.63, 3.8) is 0 Å². The van der Waals surface area contributed by atoms with Gasteiger partial charge in [0.1, 0.15) is 0 Å². The van der Waals surface area contributed by atoms with E-state index in [1.807, 2.05) is 38.8 Å². The molecule has 1 aromatic heterocycles. The first kappa shape index (κ1) is 14.3. The van der Waals surface area contributed by atoms with E-state index >= 15 is 0 Å². The van der Waals surface area contributed by atoms with Gasteiger partial charge in [0.25, 0.3) is 5.91 Å². The van der Waals surface area contributed by atoms with Gasteiger partial charge in [0.05, 0.1) is 11.5 Å². The highest BCUT2D eigenvalue weighted by Gasteiger charge is 2.30. The predicted octanol–water partition coefficient (Wildman–Crippen LogP) is 0.936. The van der Waals surface area contributed by atoms with Crippen molar-refractivity contribution in [1.82, 2.24) is 9.80 Å². The molecule has 0 saturated carbocycles. The summed E-state index contributed by atoms with van der Waals surface area (Å²) < 4.78 is 0. The number of piperazine rings is 1. The third-order valence-corrected chi connectivity index (χ3v) is 4.76. The van der Waals surface area contributed by atoms with E-state index in [0.29, 0.717) is 32.6 Å². The molecule has 0 spiro atoms. The maximum Gasteiger partial charge on any atom is 0.254 e. The van der Waals surface area contributed by atoms with E-state index in [-0.39, 0.29) is 23.8 Å². The Kier molecular flexibility index (Phi) is 4.07. The van der Waals surface area contributed by atoms with Gasteiger partial charge >= 0.3 is 0 Å². The highest BCUT2D eigenvalue weighted by molar-refractivity contribution is 7.08. The smallest absolute Gasteiger partial charge is 0.254 e.